The molecule has 9 heteroatoms. The molecule has 0 aliphatic carbocycles. The SMILES string of the molecule is CCNC(=NCCCOC1CCOCC1)N1CCS(=O)(=O)C(C)(C)C1.I. The zero-order chi connectivity index (χ0) is 18.3. The number of nitrogens with zero attached hydrogens (tertiary/aromatic N) is 2. The average molecular weight is 503 g/mol. The molecule has 0 spiro atoms. The van der Waals surface area contributed by atoms with Crippen LogP contribution in [0.5, 0.6) is 0 Å². The van der Waals surface area contributed by atoms with Crippen LogP contribution in [-0.4, -0.2) is 81.9 Å². The van der Waals surface area contributed by atoms with Crippen molar-refractivity contribution >= 4 is 39.8 Å². The highest BCUT2D eigenvalue weighted by Crippen LogP contribution is 2.23. The normalized spacial score (nSPS) is 23.3. The third-order valence-electron chi connectivity index (χ3n) is 4.76. The largest absolute Gasteiger partial charge is 0.381 e. The maximum atomic E-state index is 12.2. The summed E-state index contributed by atoms with van der Waals surface area (Å²) >= 11 is 0. The minimum absolute atomic E-state index is 0. The van der Waals surface area contributed by atoms with Gasteiger partial charge in [-0.05, 0) is 40.0 Å². The van der Waals surface area contributed by atoms with E-state index in [1.54, 1.807) is 13.8 Å². The van der Waals surface area contributed by atoms with Crippen LogP contribution < -0.4 is 5.32 Å². The number of guanidine groups is 1. The fourth-order valence-electron chi connectivity index (χ4n) is 3.09. The Morgan fingerprint density at radius 2 is 2.04 bits per heavy atom. The van der Waals surface area contributed by atoms with Crippen LogP contribution in [0.2, 0.25) is 0 Å². The van der Waals surface area contributed by atoms with Crippen LogP contribution >= 0.6 is 24.0 Å². The first kappa shape index (κ1) is 23.9. The van der Waals surface area contributed by atoms with Crippen LogP contribution in [0.4, 0.5) is 0 Å². The van der Waals surface area contributed by atoms with Gasteiger partial charge in [-0.2, -0.15) is 0 Å². The van der Waals surface area contributed by atoms with Crippen molar-refractivity contribution in [2.45, 2.75) is 50.9 Å². The second kappa shape index (κ2) is 11.0. The molecule has 0 bridgehead atoms. The van der Waals surface area contributed by atoms with E-state index in [9.17, 15) is 8.42 Å². The first-order chi connectivity index (χ1) is 11.9. The predicted molar refractivity (Wildman–Crippen MR) is 115 cm³/mol. The van der Waals surface area contributed by atoms with Crippen molar-refractivity contribution in [3.8, 4) is 0 Å². The molecule has 26 heavy (non-hydrogen) atoms. The summed E-state index contributed by atoms with van der Waals surface area (Å²) in [5.41, 5.74) is 0. The number of rotatable bonds is 6. The van der Waals surface area contributed by atoms with E-state index in [1.807, 2.05) is 6.92 Å². The van der Waals surface area contributed by atoms with Gasteiger partial charge in [-0.3, -0.25) is 4.99 Å². The van der Waals surface area contributed by atoms with Crippen LogP contribution in [0.25, 0.3) is 0 Å². The van der Waals surface area contributed by atoms with Crippen LogP contribution in [0.15, 0.2) is 4.99 Å². The molecule has 0 unspecified atom stereocenters. The zero-order valence-corrected chi connectivity index (χ0v) is 19.3. The Hall–Kier alpha value is -0.130. The van der Waals surface area contributed by atoms with Gasteiger partial charge in [-0.15, -0.1) is 24.0 Å². The van der Waals surface area contributed by atoms with Gasteiger partial charge in [0.15, 0.2) is 15.8 Å². The van der Waals surface area contributed by atoms with Gasteiger partial charge < -0.3 is 19.7 Å². The van der Waals surface area contributed by atoms with Gasteiger partial charge in [-0.1, -0.05) is 0 Å². The summed E-state index contributed by atoms with van der Waals surface area (Å²) in [4.78, 5) is 6.72. The van der Waals surface area contributed by atoms with E-state index in [4.69, 9.17) is 9.47 Å². The third kappa shape index (κ3) is 6.79. The quantitative estimate of drug-likeness (QED) is 0.257. The highest BCUT2D eigenvalue weighted by atomic mass is 127. The minimum Gasteiger partial charge on any atom is -0.381 e. The molecule has 2 aliphatic heterocycles. The zero-order valence-electron chi connectivity index (χ0n) is 16.2. The van der Waals surface area contributed by atoms with Gasteiger partial charge >= 0.3 is 0 Å². The van der Waals surface area contributed by atoms with Crippen molar-refractivity contribution in [2.24, 2.45) is 4.99 Å². The lowest BCUT2D eigenvalue weighted by atomic mass is 10.1. The Labute approximate surface area is 175 Å². The lowest BCUT2D eigenvalue weighted by molar-refractivity contribution is -0.0318. The molecule has 1 N–H and O–H groups in total. The molecule has 0 amide bonds. The molecule has 0 radical (unpaired) electrons. The molecular weight excluding hydrogens is 469 g/mol. The van der Waals surface area contributed by atoms with Gasteiger partial charge in [-0.25, -0.2) is 8.42 Å². The fraction of sp³-hybridized carbons (Fsp3) is 0.941. The van der Waals surface area contributed by atoms with E-state index in [2.05, 4.69) is 15.2 Å². The number of aliphatic imine (C=N–C) groups is 1. The summed E-state index contributed by atoms with van der Waals surface area (Å²) in [5, 5.41) is 3.28. The van der Waals surface area contributed by atoms with Crippen molar-refractivity contribution < 1.29 is 17.9 Å². The smallest absolute Gasteiger partial charge is 0.193 e. The number of hydrogen-bond acceptors (Lipinski definition) is 5. The Balaban J connectivity index is 0.00000338. The second-order valence-corrected chi connectivity index (χ2v) is 10.0. The second-order valence-electron chi connectivity index (χ2n) is 7.27. The molecule has 0 aromatic carbocycles. The lowest BCUT2D eigenvalue weighted by Crippen LogP contribution is -2.57. The Bertz CT molecular complexity index is 548. The maximum absolute atomic E-state index is 12.2. The van der Waals surface area contributed by atoms with Crippen molar-refractivity contribution in [3.63, 3.8) is 0 Å². The van der Waals surface area contributed by atoms with Crippen molar-refractivity contribution in [2.75, 3.05) is 51.8 Å². The molecule has 2 heterocycles. The molecule has 2 aliphatic rings. The maximum Gasteiger partial charge on any atom is 0.193 e. The number of sulfone groups is 1. The molecule has 0 saturated carbocycles. The molecular formula is C17H34IN3O4S. The van der Waals surface area contributed by atoms with E-state index in [1.165, 1.54) is 0 Å². The summed E-state index contributed by atoms with van der Waals surface area (Å²) in [5.74, 6) is 0.980. The standard InChI is InChI=1S/C17H33N3O4S.HI/c1-4-18-16(20-9-13-25(21,22)17(2,3)14-20)19-8-5-10-24-15-6-11-23-12-7-15;/h15H,4-14H2,1-3H3,(H,18,19);1H. The highest BCUT2D eigenvalue weighted by molar-refractivity contribution is 14.0. The highest BCUT2D eigenvalue weighted by Gasteiger charge is 2.40. The number of hydrogen-bond donors (Lipinski definition) is 1. The van der Waals surface area contributed by atoms with E-state index in [-0.39, 0.29) is 29.7 Å². The third-order valence-corrected chi connectivity index (χ3v) is 7.30. The summed E-state index contributed by atoms with van der Waals surface area (Å²) in [6.45, 7) is 10.3. The van der Waals surface area contributed by atoms with Crippen LogP contribution in [0, 0.1) is 0 Å². The van der Waals surface area contributed by atoms with Gasteiger partial charge in [0.1, 0.15) is 0 Å². The Morgan fingerprint density at radius 1 is 1.35 bits per heavy atom. The number of ether oxygens (including phenoxy) is 2. The molecule has 2 saturated heterocycles. The molecule has 7 nitrogen and oxygen atoms in total. The summed E-state index contributed by atoms with van der Waals surface area (Å²) in [6.07, 6.45) is 3.13. The summed E-state index contributed by atoms with van der Waals surface area (Å²) in [6, 6.07) is 0. The lowest BCUT2D eigenvalue weighted by Gasteiger charge is -2.39. The summed E-state index contributed by atoms with van der Waals surface area (Å²) < 4.78 is 34.8. The van der Waals surface area contributed by atoms with Gasteiger partial charge in [0, 0.05) is 46.0 Å². The van der Waals surface area contributed by atoms with E-state index < -0.39 is 14.6 Å². The number of nitrogens with one attached hydrogen (secondary N) is 1. The molecule has 154 valence electrons. The van der Waals surface area contributed by atoms with Crippen LogP contribution in [0.1, 0.15) is 40.0 Å². The topological polar surface area (TPSA) is 80.2 Å². The van der Waals surface area contributed by atoms with Gasteiger partial charge in [0.25, 0.3) is 0 Å². The monoisotopic (exact) mass is 503 g/mol. The van der Waals surface area contributed by atoms with Crippen molar-refractivity contribution in [1.82, 2.24) is 10.2 Å². The molecule has 0 atom stereocenters. The van der Waals surface area contributed by atoms with E-state index in [0.29, 0.717) is 32.3 Å². The minimum atomic E-state index is -3.04. The summed E-state index contributed by atoms with van der Waals surface area (Å²) in [7, 11) is -3.04. The Morgan fingerprint density at radius 3 is 2.65 bits per heavy atom. The fourth-order valence-corrected chi connectivity index (χ4v) is 4.46. The van der Waals surface area contributed by atoms with Crippen LogP contribution in [-0.2, 0) is 19.3 Å². The van der Waals surface area contributed by atoms with Crippen LogP contribution in [0.3, 0.4) is 0 Å². The average Bonchev–Trinajstić information content (AvgIpc) is 2.57. The predicted octanol–water partition coefficient (Wildman–Crippen LogP) is 1.66. The molecule has 2 fully saturated rings. The van der Waals surface area contributed by atoms with Gasteiger partial charge in [0.2, 0.25) is 0 Å². The molecule has 2 rings (SSSR count). The first-order valence-corrected chi connectivity index (χ1v) is 11.0. The van der Waals surface area contributed by atoms with E-state index >= 15 is 0 Å². The van der Waals surface area contributed by atoms with Crippen molar-refractivity contribution in [3.05, 3.63) is 0 Å². The van der Waals surface area contributed by atoms with Gasteiger partial charge in [0.05, 0.1) is 16.6 Å². The van der Waals surface area contributed by atoms with Crippen molar-refractivity contribution in [1.29, 1.82) is 0 Å². The number of halogens is 1. The molecule has 0 aromatic heterocycles. The van der Waals surface area contributed by atoms with E-state index in [0.717, 1.165) is 45.0 Å². The Kier molecular flexibility index (Phi) is 10.1. The first-order valence-electron chi connectivity index (χ1n) is 9.30. The molecule has 0 aromatic rings.